The van der Waals surface area contributed by atoms with E-state index < -0.39 is 11.7 Å². The van der Waals surface area contributed by atoms with Crippen LogP contribution in [-0.2, 0) is 47.7 Å². The van der Waals surface area contributed by atoms with Crippen molar-refractivity contribution < 1.29 is 62.2 Å². The standard InChI is InChI=1S/C21H25.C10H15.C8H5F3.2ClH.Zr/c1-20(2,3)16-7-9-18-14(12-16)11-15-13-17(21(4,5)6)8-10-19(15)18;1-7(2)10-6-8(3)5-9(10)4;1-6-2-4-7(5-3-6)8(9,10)11;;;/h7-10,12H,11H2,1-6H3;6-8H,1-4H3;1-5H;2*1H;/q2*-1;;;;+2/p-2. The van der Waals surface area contributed by atoms with Crippen LogP contribution in [0.5, 0.6) is 0 Å². The van der Waals surface area contributed by atoms with Crippen LogP contribution in [0.4, 0.5) is 13.2 Å². The molecule has 0 amide bonds. The minimum absolute atomic E-state index is 0. The quantitative estimate of drug-likeness (QED) is 0.254. The van der Waals surface area contributed by atoms with Gasteiger partial charge in [0.15, 0.2) is 0 Å². The van der Waals surface area contributed by atoms with Gasteiger partial charge in [-0.3, -0.25) is 6.08 Å². The van der Waals surface area contributed by atoms with Crippen molar-refractivity contribution in [3.05, 3.63) is 117 Å². The van der Waals surface area contributed by atoms with Crippen LogP contribution in [0.3, 0.4) is 0 Å². The molecule has 0 fully saturated rings. The maximum Gasteiger partial charge on any atom is -1.00 e. The molecule has 6 heteroatoms. The van der Waals surface area contributed by atoms with Crippen molar-refractivity contribution in [3.63, 3.8) is 0 Å². The van der Waals surface area contributed by atoms with Crippen molar-refractivity contribution in [2.24, 2.45) is 11.8 Å². The zero-order valence-corrected chi connectivity index (χ0v) is 32.1. The van der Waals surface area contributed by atoms with Gasteiger partial charge in [-0.25, -0.2) is 5.57 Å². The SMILES string of the molecule is CC(C)(C)c1[c-]c2c(cc1)-c1ccc(C(C)(C)C)cc1C2.CC1=[C-]C(C)C=C1C(C)C.FC(F)(F)c1ccc([CH]=[Zr+2])cc1.[Cl-].[Cl-]. The molecule has 3 aromatic carbocycles. The topological polar surface area (TPSA) is 0 Å². The Labute approximate surface area is 297 Å². The fourth-order valence-electron chi connectivity index (χ4n) is 5.28. The van der Waals surface area contributed by atoms with E-state index in [1.807, 2.05) is 3.71 Å². The molecule has 0 N–H and O–H groups in total. The second-order valence-corrected chi connectivity index (χ2v) is 14.6. The summed E-state index contributed by atoms with van der Waals surface area (Å²) in [6, 6.07) is 20.3. The molecule has 242 valence electrons. The van der Waals surface area contributed by atoms with Gasteiger partial charge in [-0.2, -0.15) is 35.4 Å². The van der Waals surface area contributed by atoms with E-state index in [9.17, 15) is 13.2 Å². The van der Waals surface area contributed by atoms with Gasteiger partial charge < -0.3 is 24.8 Å². The first-order valence-corrected chi connectivity index (χ1v) is 16.4. The molecule has 0 aliphatic heterocycles. The van der Waals surface area contributed by atoms with Gasteiger partial charge in [-0.15, -0.1) is 11.1 Å². The summed E-state index contributed by atoms with van der Waals surface area (Å²) < 4.78 is 37.9. The van der Waals surface area contributed by atoms with Crippen molar-refractivity contribution in [2.75, 3.05) is 0 Å². The average molecular weight is 733 g/mol. The van der Waals surface area contributed by atoms with Gasteiger partial charge in [0.25, 0.3) is 0 Å². The summed E-state index contributed by atoms with van der Waals surface area (Å²) in [5.41, 5.74) is 11.8. The van der Waals surface area contributed by atoms with E-state index in [1.54, 1.807) is 0 Å². The summed E-state index contributed by atoms with van der Waals surface area (Å²) in [6.07, 6.45) is 2.48. The number of halogens is 5. The molecule has 0 spiro atoms. The van der Waals surface area contributed by atoms with Crippen molar-refractivity contribution in [2.45, 2.75) is 92.7 Å². The number of allylic oxidation sites excluding steroid dienone is 4. The van der Waals surface area contributed by atoms with Crippen LogP contribution in [0.15, 0.2) is 71.8 Å². The Balaban J connectivity index is 0.000000362. The Morgan fingerprint density at radius 2 is 1.38 bits per heavy atom. The van der Waals surface area contributed by atoms with E-state index in [1.165, 1.54) is 80.9 Å². The van der Waals surface area contributed by atoms with Crippen LogP contribution >= 0.6 is 0 Å². The van der Waals surface area contributed by atoms with Gasteiger partial charge in [0, 0.05) is 0 Å². The van der Waals surface area contributed by atoms with Gasteiger partial charge in [0.05, 0.1) is 0 Å². The van der Waals surface area contributed by atoms with Gasteiger partial charge in [0.2, 0.25) is 0 Å². The molecule has 1 unspecified atom stereocenters. The minimum Gasteiger partial charge on any atom is -1.00 e. The molecule has 3 aromatic rings. The molecule has 0 heterocycles. The monoisotopic (exact) mass is 730 g/mol. The maximum absolute atomic E-state index is 12.0. The molecule has 0 saturated carbocycles. The van der Waals surface area contributed by atoms with Crippen LogP contribution in [-0.4, -0.2) is 3.71 Å². The molecule has 5 rings (SSSR count). The van der Waals surface area contributed by atoms with E-state index in [4.69, 9.17) is 0 Å². The molecule has 0 nitrogen and oxygen atoms in total. The van der Waals surface area contributed by atoms with Crippen LogP contribution in [0.1, 0.15) is 103 Å². The van der Waals surface area contributed by atoms with Crippen molar-refractivity contribution in [1.82, 2.24) is 0 Å². The first-order chi connectivity index (χ1) is 19.8. The van der Waals surface area contributed by atoms with Crippen molar-refractivity contribution in [3.8, 4) is 11.1 Å². The fraction of sp³-hybridized carbons (Fsp3) is 0.410. The van der Waals surface area contributed by atoms with Crippen LogP contribution in [0.25, 0.3) is 11.1 Å². The summed E-state index contributed by atoms with van der Waals surface area (Å²) in [6.45, 7) is 22.4. The Bertz CT molecular complexity index is 1440. The predicted molar refractivity (Wildman–Crippen MR) is 172 cm³/mol. The molecule has 0 aromatic heterocycles. The molecule has 2 aliphatic rings. The van der Waals surface area contributed by atoms with Gasteiger partial charge in [-0.1, -0.05) is 105 Å². The second-order valence-electron chi connectivity index (χ2n) is 13.9. The minimum atomic E-state index is -4.22. The normalized spacial score (nSPS) is 15.2. The van der Waals surface area contributed by atoms with Crippen molar-refractivity contribution in [1.29, 1.82) is 0 Å². The van der Waals surface area contributed by atoms with E-state index in [-0.39, 0.29) is 35.6 Å². The summed E-state index contributed by atoms with van der Waals surface area (Å²) >= 11 is 1.18. The molecule has 1 atom stereocenters. The van der Waals surface area contributed by atoms with E-state index >= 15 is 0 Å². The third-order valence-corrected chi connectivity index (χ3v) is 8.62. The van der Waals surface area contributed by atoms with Gasteiger partial charge >= 0.3 is 82.7 Å². The number of alkyl halides is 3. The number of rotatable bonds is 2. The first-order valence-electron chi connectivity index (χ1n) is 15.0. The largest absolute Gasteiger partial charge is 1.00 e. The predicted octanol–water partition coefficient (Wildman–Crippen LogP) is 5.03. The van der Waals surface area contributed by atoms with Gasteiger partial charge in [0.1, 0.15) is 0 Å². The first kappa shape index (κ1) is 41.3. The Hall–Kier alpha value is -1.74. The van der Waals surface area contributed by atoms with Crippen molar-refractivity contribution >= 4 is 3.71 Å². The summed E-state index contributed by atoms with van der Waals surface area (Å²) in [4.78, 5) is 0. The zero-order valence-electron chi connectivity index (χ0n) is 28.1. The number of fused-ring (bicyclic) bond motifs is 3. The van der Waals surface area contributed by atoms with Crippen LogP contribution in [0.2, 0.25) is 0 Å². The smallest absolute Gasteiger partial charge is 1.00 e. The Kier molecular flexibility index (Phi) is 15.0. The Morgan fingerprint density at radius 3 is 1.80 bits per heavy atom. The molecule has 0 saturated heterocycles. The van der Waals surface area contributed by atoms with E-state index in [2.05, 4.69) is 118 Å². The number of benzene rings is 3. The number of hydrogen-bond donors (Lipinski definition) is 0. The Morgan fingerprint density at radius 1 is 0.822 bits per heavy atom. The molecule has 0 radical (unpaired) electrons. The third kappa shape index (κ3) is 11.2. The van der Waals surface area contributed by atoms with Gasteiger partial charge in [-0.05, 0) is 28.4 Å². The van der Waals surface area contributed by atoms with E-state index in [0.717, 1.165) is 24.1 Å². The summed E-state index contributed by atoms with van der Waals surface area (Å²) in [5.74, 6) is 1.20. The molecule has 45 heavy (non-hydrogen) atoms. The molecular weight excluding hydrogens is 688 g/mol. The van der Waals surface area contributed by atoms with Crippen LogP contribution < -0.4 is 24.8 Å². The fourth-order valence-corrected chi connectivity index (χ4v) is 5.76. The van der Waals surface area contributed by atoms with Crippen LogP contribution in [0, 0.1) is 24.0 Å². The van der Waals surface area contributed by atoms with E-state index in [0.29, 0.717) is 11.8 Å². The average Bonchev–Trinajstić information content (AvgIpc) is 3.45. The molecular formula is C39H45Cl2F3Zr-2. The summed E-state index contributed by atoms with van der Waals surface area (Å²) in [7, 11) is 0. The third-order valence-electron chi connectivity index (χ3n) is 7.80. The maximum atomic E-state index is 12.0. The summed E-state index contributed by atoms with van der Waals surface area (Å²) in [5, 5.41) is 0. The molecule has 2 aliphatic carbocycles. The second kappa shape index (κ2) is 16.4. The molecule has 0 bridgehead atoms. The number of hydrogen-bond acceptors (Lipinski definition) is 0. The zero-order chi connectivity index (χ0) is 32.3.